The second-order valence-electron chi connectivity index (χ2n) is 3.54. The number of hydrogen-bond donors (Lipinski definition) is 3. The average Bonchev–Trinajstić information content (AvgIpc) is 2.41. The van der Waals surface area contributed by atoms with Gasteiger partial charge in [-0.25, -0.2) is 0 Å². The van der Waals surface area contributed by atoms with Crippen LogP contribution in [-0.4, -0.2) is 35.1 Å². The molecule has 120 valence electrons. The lowest BCUT2D eigenvalue weighted by molar-refractivity contribution is 0.229. The molecule has 0 radical (unpaired) electrons. The summed E-state index contributed by atoms with van der Waals surface area (Å²) in [5, 5.41) is -0.782. The van der Waals surface area contributed by atoms with Crippen molar-refractivity contribution in [3.8, 4) is 5.75 Å². The minimum atomic E-state index is -0.639. The van der Waals surface area contributed by atoms with Crippen molar-refractivity contribution in [2.24, 2.45) is 5.73 Å². The summed E-state index contributed by atoms with van der Waals surface area (Å²) in [6.45, 7) is 8.07. The van der Waals surface area contributed by atoms with Crippen LogP contribution in [0.2, 0.25) is 0 Å². The van der Waals surface area contributed by atoms with E-state index in [1.165, 1.54) is 0 Å². The summed E-state index contributed by atoms with van der Waals surface area (Å²) in [7, 11) is 0. The zero-order valence-corrected chi connectivity index (χ0v) is 14.4. The lowest BCUT2D eigenvalue weighted by Gasteiger charge is -2.13. The van der Waals surface area contributed by atoms with Crippen molar-refractivity contribution < 1.29 is 14.3 Å². The van der Waals surface area contributed by atoms with E-state index in [1.807, 2.05) is 51.1 Å². The van der Waals surface area contributed by atoms with Crippen LogP contribution in [0.15, 0.2) is 30.3 Å². The van der Waals surface area contributed by atoms with Crippen LogP contribution in [-0.2, 0) is 0 Å². The summed E-state index contributed by atoms with van der Waals surface area (Å²) in [5.74, 6) is 0.944. The number of hydrogen-bond acceptors (Lipinski definition) is 3. The second-order valence-corrected chi connectivity index (χ2v) is 4.36. The zero-order chi connectivity index (χ0) is 16.7. The topological polar surface area (TPSA) is 72.6 Å². The van der Waals surface area contributed by atoms with Gasteiger partial charge in [-0.05, 0) is 32.9 Å². The summed E-state index contributed by atoms with van der Waals surface area (Å²) in [6, 6.07) is 9.80. The molecule has 0 aliphatic heterocycles. The van der Waals surface area contributed by atoms with Crippen molar-refractivity contribution in [2.75, 3.05) is 19.7 Å². The molecule has 5 nitrogen and oxygen atoms in total. The lowest BCUT2D eigenvalue weighted by atomic mass is 10.3. The molecule has 1 aromatic rings. The van der Waals surface area contributed by atoms with Crippen molar-refractivity contribution in [3.63, 3.8) is 0 Å². The second kappa shape index (κ2) is 15.1. The monoisotopic (exact) mass is 332 g/mol. The largest absolute Gasteiger partial charge is 0.494 e. The Morgan fingerprint density at radius 1 is 1.10 bits per heavy atom. The fourth-order valence-corrected chi connectivity index (χ4v) is 1.46. The van der Waals surface area contributed by atoms with Gasteiger partial charge >= 0.3 is 0 Å². The molecule has 2 amide bonds. The van der Waals surface area contributed by atoms with E-state index in [0.29, 0.717) is 0 Å². The summed E-state index contributed by atoms with van der Waals surface area (Å²) >= 11 is 6.75. The highest BCUT2D eigenvalue weighted by molar-refractivity contribution is 7.96. The van der Waals surface area contributed by atoms with Crippen LogP contribution < -0.4 is 10.5 Å². The molecule has 0 atom stereocenters. The van der Waals surface area contributed by atoms with Gasteiger partial charge in [0.2, 0.25) is 0 Å². The molecule has 0 bridgehead atoms. The number of carbonyl (C=O) groups is 2. The van der Waals surface area contributed by atoms with Gasteiger partial charge in [0, 0.05) is 13.1 Å². The highest BCUT2D eigenvalue weighted by Crippen LogP contribution is 2.06. The molecule has 0 spiro atoms. The van der Waals surface area contributed by atoms with Crippen LogP contribution in [0.25, 0.3) is 0 Å². The van der Waals surface area contributed by atoms with E-state index >= 15 is 0 Å². The summed E-state index contributed by atoms with van der Waals surface area (Å²) in [4.78, 5) is 21.1. The highest BCUT2D eigenvalue weighted by Gasteiger charge is 2.00. The first-order valence-corrected chi connectivity index (χ1v) is 7.42. The number of amides is 2. The van der Waals surface area contributed by atoms with Crippen molar-refractivity contribution in [1.29, 1.82) is 0 Å². The van der Waals surface area contributed by atoms with E-state index in [2.05, 4.69) is 31.0 Å². The van der Waals surface area contributed by atoms with Gasteiger partial charge < -0.3 is 15.4 Å². The molecule has 0 fully saturated rings. The molecule has 0 saturated heterocycles. The van der Waals surface area contributed by atoms with Gasteiger partial charge in [-0.2, -0.15) is 0 Å². The van der Waals surface area contributed by atoms with Crippen LogP contribution in [0, 0.1) is 0 Å². The van der Waals surface area contributed by atoms with Crippen molar-refractivity contribution in [1.82, 2.24) is 4.90 Å². The molecule has 1 aromatic carbocycles. The van der Waals surface area contributed by atoms with Crippen molar-refractivity contribution >= 4 is 35.7 Å². The van der Waals surface area contributed by atoms with Crippen LogP contribution in [0.5, 0.6) is 5.75 Å². The van der Waals surface area contributed by atoms with Crippen molar-refractivity contribution in [3.05, 3.63) is 30.3 Å². The molecule has 1 rings (SSSR count). The molecule has 21 heavy (non-hydrogen) atoms. The zero-order valence-electron chi connectivity index (χ0n) is 12.7. The SMILES string of the molecule is CCN(CC)C(=O)S.CCOc1ccccc1.NC(=O)S. The molecular weight excluding hydrogens is 308 g/mol. The van der Waals surface area contributed by atoms with Gasteiger partial charge in [0.25, 0.3) is 10.5 Å². The molecule has 0 unspecified atom stereocenters. The maximum Gasteiger partial charge on any atom is 0.278 e. The molecule has 0 heterocycles. The van der Waals surface area contributed by atoms with Crippen LogP contribution >= 0.6 is 25.3 Å². The van der Waals surface area contributed by atoms with E-state index in [0.717, 1.165) is 25.4 Å². The fraction of sp³-hybridized carbons (Fsp3) is 0.429. The first-order chi connectivity index (χ1) is 9.88. The number of nitrogens with two attached hydrogens (primary N) is 1. The van der Waals surface area contributed by atoms with E-state index < -0.39 is 5.24 Å². The van der Waals surface area contributed by atoms with Crippen LogP contribution in [0.3, 0.4) is 0 Å². The Kier molecular flexibility index (Phi) is 15.7. The van der Waals surface area contributed by atoms with Gasteiger partial charge in [-0.1, -0.05) is 43.5 Å². The number of ether oxygens (including phenoxy) is 1. The van der Waals surface area contributed by atoms with Gasteiger partial charge in [0.05, 0.1) is 6.61 Å². The number of para-hydroxylation sites is 1. The predicted molar refractivity (Wildman–Crippen MR) is 93.5 cm³/mol. The molecule has 0 aliphatic carbocycles. The average molecular weight is 332 g/mol. The smallest absolute Gasteiger partial charge is 0.278 e. The number of thiol groups is 2. The minimum Gasteiger partial charge on any atom is -0.494 e. The summed E-state index contributed by atoms with van der Waals surface area (Å²) in [5.41, 5.74) is 4.34. The summed E-state index contributed by atoms with van der Waals surface area (Å²) in [6.07, 6.45) is 0. The maximum atomic E-state index is 10.4. The fourth-order valence-electron chi connectivity index (χ4n) is 1.18. The first-order valence-electron chi connectivity index (χ1n) is 6.53. The quantitative estimate of drug-likeness (QED) is 0.739. The lowest BCUT2D eigenvalue weighted by Crippen LogP contribution is -2.24. The molecule has 7 heteroatoms. The third kappa shape index (κ3) is 16.6. The van der Waals surface area contributed by atoms with E-state index in [-0.39, 0.29) is 5.24 Å². The van der Waals surface area contributed by atoms with Gasteiger partial charge in [-0.15, -0.1) is 0 Å². The van der Waals surface area contributed by atoms with Crippen LogP contribution in [0.1, 0.15) is 20.8 Å². The van der Waals surface area contributed by atoms with Gasteiger partial charge in [0.1, 0.15) is 5.75 Å². The Hall–Kier alpha value is -1.34. The van der Waals surface area contributed by atoms with Crippen molar-refractivity contribution in [2.45, 2.75) is 20.8 Å². The number of primary amides is 1. The molecule has 2 N–H and O–H groups in total. The third-order valence-corrected chi connectivity index (χ3v) is 2.37. The Morgan fingerprint density at radius 2 is 1.52 bits per heavy atom. The number of nitrogens with zero attached hydrogens (tertiary/aromatic N) is 1. The van der Waals surface area contributed by atoms with Crippen LogP contribution in [0.4, 0.5) is 9.59 Å². The highest BCUT2D eigenvalue weighted by atomic mass is 32.1. The van der Waals surface area contributed by atoms with Gasteiger partial charge in [-0.3, -0.25) is 9.59 Å². The molecule has 0 saturated carbocycles. The minimum absolute atomic E-state index is 0.144. The van der Waals surface area contributed by atoms with Gasteiger partial charge in [0.15, 0.2) is 0 Å². The first kappa shape index (κ1) is 21.9. The Morgan fingerprint density at radius 3 is 1.76 bits per heavy atom. The summed E-state index contributed by atoms with van der Waals surface area (Å²) < 4.78 is 5.21. The standard InChI is InChI=1S/C8H10O.C5H11NOS.CH3NOS/c1-2-9-8-6-4-3-5-7-8;1-3-6(4-2)5(7)8;2-1(3)4/h3-7H,2H2,1H3;3-4H2,1-2H3,(H,7,8);(H3,2,3,4). The molecule has 0 aromatic heterocycles. The maximum absolute atomic E-state index is 10.4. The third-order valence-electron chi connectivity index (χ3n) is 2.09. The Bertz CT molecular complexity index is 381. The molecular formula is C14H24N2O3S2. The number of carbonyl (C=O) groups excluding carboxylic acids is 2. The Balaban J connectivity index is 0. The predicted octanol–water partition coefficient (Wildman–Crippen LogP) is 3.46. The Labute approximate surface area is 137 Å². The van der Waals surface area contributed by atoms with E-state index in [4.69, 9.17) is 9.53 Å². The van der Waals surface area contributed by atoms with E-state index in [1.54, 1.807) is 4.90 Å². The molecule has 0 aliphatic rings. The normalized spacial score (nSPS) is 8.43. The van der Waals surface area contributed by atoms with E-state index in [9.17, 15) is 4.79 Å². The number of benzene rings is 1. The number of rotatable bonds is 4.